The van der Waals surface area contributed by atoms with E-state index in [1.165, 1.54) is 6.21 Å². The van der Waals surface area contributed by atoms with E-state index in [1.807, 2.05) is 32.0 Å². The number of aryl methyl sites for hydroxylation is 1. The predicted molar refractivity (Wildman–Crippen MR) is 146 cm³/mol. The molecule has 2 amide bonds. The Morgan fingerprint density at radius 2 is 1.81 bits per heavy atom. The van der Waals surface area contributed by atoms with Crippen LogP contribution < -0.4 is 20.2 Å². The molecule has 0 bridgehead atoms. The third-order valence-electron chi connectivity index (χ3n) is 4.84. The molecule has 0 unspecified atom stereocenters. The number of carbonyl (C=O) groups excluding carboxylic acids is 2. The summed E-state index contributed by atoms with van der Waals surface area (Å²) < 4.78 is 12.3. The van der Waals surface area contributed by atoms with Gasteiger partial charge in [0.25, 0.3) is 0 Å². The highest BCUT2D eigenvalue weighted by atomic mass is 79.9. The van der Waals surface area contributed by atoms with Gasteiger partial charge in [-0.05, 0) is 71.2 Å². The van der Waals surface area contributed by atoms with E-state index in [0.29, 0.717) is 43.9 Å². The summed E-state index contributed by atoms with van der Waals surface area (Å²) in [5, 5.41) is 7.72. The molecule has 0 saturated carbocycles. The number of benzene rings is 3. The van der Waals surface area contributed by atoms with Gasteiger partial charge in [0.2, 0.25) is 11.8 Å². The van der Waals surface area contributed by atoms with Crippen LogP contribution in [0.5, 0.6) is 11.5 Å². The van der Waals surface area contributed by atoms with E-state index in [0.717, 1.165) is 11.1 Å². The largest absolute Gasteiger partial charge is 0.490 e. The summed E-state index contributed by atoms with van der Waals surface area (Å²) in [5.41, 5.74) is 5.24. The molecule has 7 nitrogen and oxygen atoms in total. The van der Waals surface area contributed by atoms with Crippen molar-refractivity contribution in [1.29, 1.82) is 0 Å². The van der Waals surface area contributed by atoms with E-state index in [9.17, 15) is 9.59 Å². The summed E-state index contributed by atoms with van der Waals surface area (Å²) in [7, 11) is 0. The molecule has 0 fully saturated rings. The molecule has 0 spiro atoms. The highest BCUT2D eigenvalue weighted by Crippen LogP contribution is 2.37. The average molecular weight is 593 g/mol. The fourth-order valence-corrected chi connectivity index (χ4v) is 4.02. The number of rotatable bonds is 10. The van der Waals surface area contributed by atoms with Crippen LogP contribution in [-0.2, 0) is 16.2 Å². The van der Waals surface area contributed by atoms with E-state index in [2.05, 4.69) is 31.8 Å². The number of hydrogen-bond acceptors (Lipinski definition) is 5. The minimum absolute atomic E-state index is 0.263. The topological polar surface area (TPSA) is 89.0 Å². The van der Waals surface area contributed by atoms with Gasteiger partial charge in [-0.3, -0.25) is 9.59 Å². The van der Waals surface area contributed by atoms with Gasteiger partial charge in [0.1, 0.15) is 13.0 Å². The maximum absolute atomic E-state index is 12.1. The minimum Gasteiger partial charge on any atom is -0.490 e. The zero-order valence-corrected chi connectivity index (χ0v) is 22.7. The van der Waals surface area contributed by atoms with Crippen LogP contribution in [0.1, 0.15) is 30.0 Å². The highest BCUT2D eigenvalue weighted by molar-refractivity contribution is 9.10. The molecule has 0 aliphatic heterocycles. The Kier molecular flexibility index (Phi) is 10.2. The van der Waals surface area contributed by atoms with Gasteiger partial charge in [0.05, 0.1) is 17.3 Å². The fraction of sp³-hybridized carbons (Fsp3) is 0.192. The van der Waals surface area contributed by atoms with Crippen molar-refractivity contribution in [1.82, 2.24) is 5.43 Å². The predicted octanol–water partition coefficient (Wildman–Crippen LogP) is 6.52. The Bertz CT molecular complexity index is 1280. The zero-order chi connectivity index (χ0) is 26.1. The molecule has 10 heteroatoms. The summed E-state index contributed by atoms with van der Waals surface area (Å²) in [6, 6.07) is 16.1. The van der Waals surface area contributed by atoms with Crippen LogP contribution in [0.3, 0.4) is 0 Å². The smallest absolute Gasteiger partial charge is 0.249 e. The van der Waals surface area contributed by atoms with Crippen molar-refractivity contribution in [2.24, 2.45) is 5.10 Å². The Morgan fingerprint density at radius 3 is 2.53 bits per heavy atom. The molecule has 3 aromatic rings. The number of halogens is 3. The molecule has 0 aliphatic carbocycles. The van der Waals surface area contributed by atoms with Crippen LogP contribution in [0.2, 0.25) is 10.0 Å². The van der Waals surface area contributed by atoms with E-state index in [-0.39, 0.29) is 6.61 Å². The third kappa shape index (κ3) is 7.98. The molecule has 0 aliphatic rings. The van der Waals surface area contributed by atoms with E-state index in [4.69, 9.17) is 32.7 Å². The summed E-state index contributed by atoms with van der Waals surface area (Å²) in [6.07, 6.45) is 1.05. The molecule has 0 aromatic heterocycles. The highest BCUT2D eigenvalue weighted by Gasteiger charge is 2.14. The number of nitrogens with one attached hydrogen (secondary N) is 2. The maximum Gasteiger partial charge on any atom is 0.249 e. The molecular weight excluding hydrogens is 569 g/mol. The van der Waals surface area contributed by atoms with Crippen molar-refractivity contribution in [3.63, 3.8) is 0 Å². The molecule has 188 valence electrons. The van der Waals surface area contributed by atoms with Gasteiger partial charge in [-0.1, -0.05) is 47.5 Å². The van der Waals surface area contributed by atoms with Crippen LogP contribution in [0, 0.1) is 6.92 Å². The lowest BCUT2D eigenvalue weighted by molar-refractivity contribution is -0.126. The second kappa shape index (κ2) is 13.3. The number of nitrogens with zero attached hydrogens (tertiary/aromatic N) is 1. The molecule has 3 aromatic carbocycles. The van der Waals surface area contributed by atoms with Gasteiger partial charge in [-0.15, -0.1) is 0 Å². The Hall–Kier alpha value is -3.07. The molecule has 0 atom stereocenters. The maximum atomic E-state index is 12.1. The molecule has 0 saturated heterocycles. The molecular formula is C26H24BrCl2N3O4. The van der Waals surface area contributed by atoms with Gasteiger partial charge in [0.15, 0.2) is 11.5 Å². The Morgan fingerprint density at radius 1 is 1.03 bits per heavy atom. The molecule has 0 radical (unpaired) electrons. The van der Waals surface area contributed by atoms with Crippen LogP contribution in [0.15, 0.2) is 64.2 Å². The normalized spacial score (nSPS) is 10.8. The summed E-state index contributed by atoms with van der Waals surface area (Å²) in [6.45, 7) is 4.41. The SMILES string of the molecule is CCOc1cc(C=NNC(=O)CC(=O)Nc2ccc(C)c(Cl)c2)cc(Br)c1OCc1ccccc1Cl. The van der Waals surface area contributed by atoms with Crippen LogP contribution in [-0.4, -0.2) is 24.6 Å². The van der Waals surface area contributed by atoms with Crippen LogP contribution >= 0.6 is 39.1 Å². The van der Waals surface area contributed by atoms with E-state index >= 15 is 0 Å². The number of carbonyl (C=O) groups is 2. The Labute approximate surface area is 227 Å². The first-order valence-corrected chi connectivity index (χ1v) is 12.5. The first-order valence-electron chi connectivity index (χ1n) is 11.0. The van der Waals surface area contributed by atoms with Gasteiger partial charge < -0.3 is 14.8 Å². The summed E-state index contributed by atoms with van der Waals surface area (Å²) in [5.74, 6) is -0.0246. The van der Waals surface area contributed by atoms with Gasteiger partial charge >= 0.3 is 0 Å². The number of hydrogen-bond donors (Lipinski definition) is 2. The quantitative estimate of drug-likeness (QED) is 0.159. The first kappa shape index (κ1) is 27.5. The van der Waals surface area contributed by atoms with Crippen LogP contribution in [0.4, 0.5) is 5.69 Å². The van der Waals surface area contributed by atoms with Gasteiger partial charge in [-0.25, -0.2) is 5.43 Å². The first-order chi connectivity index (χ1) is 17.3. The van der Waals surface area contributed by atoms with Gasteiger partial charge in [0, 0.05) is 21.3 Å². The number of hydrazone groups is 1. The molecule has 36 heavy (non-hydrogen) atoms. The van der Waals surface area contributed by atoms with Crippen molar-refractivity contribution < 1.29 is 19.1 Å². The summed E-state index contributed by atoms with van der Waals surface area (Å²) in [4.78, 5) is 24.2. The Balaban J connectivity index is 1.60. The van der Waals surface area contributed by atoms with Crippen molar-refractivity contribution in [2.75, 3.05) is 11.9 Å². The number of amides is 2. The lowest BCUT2D eigenvalue weighted by atomic mass is 10.2. The standard InChI is InChI=1S/C26H24BrCl2N3O4/c1-3-35-23-11-17(10-20(27)26(23)36-15-18-6-4-5-7-21(18)28)14-30-32-25(34)13-24(33)31-19-9-8-16(2)22(29)12-19/h4-12,14H,3,13,15H2,1-2H3,(H,31,33)(H,32,34). The number of anilines is 1. The van der Waals surface area contributed by atoms with Crippen molar-refractivity contribution in [2.45, 2.75) is 26.9 Å². The average Bonchev–Trinajstić information content (AvgIpc) is 2.82. The fourth-order valence-electron chi connectivity index (χ4n) is 3.07. The van der Waals surface area contributed by atoms with Crippen molar-refractivity contribution >= 4 is 62.8 Å². The molecule has 3 rings (SSSR count). The number of ether oxygens (including phenoxy) is 2. The van der Waals surface area contributed by atoms with E-state index < -0.39 is 18.2 Å². The van der Waals surface area contributed by atoms with E-state index in [1.54, 1.807) is 36.4 Å². The van der Waals surface area contributed by atoms with Gasteiger partial charge in [-0.2, -0.15) is 5.10 Å². The molecule has 0 heterocycles. The second-order valence-electron chi connectivity index (χ2n) is 7.63. The monoisotopic (exact) mass is 591 g/mol. The van der Waals surface area contributed by atoms with Crippen LogP contribution in [0.25, 0.3) is 0 Å². The second-order valence-corrected chi connectivity index (χ2v) is 9.29. The summed E-state index contributed by atoms with van der Waals surface area (Å²) >= 11 is 15.8. The van der Waals surface area contributed by atoms with Crippen molar-refractivity contribution in [3.8, 4) is 11.5 Å². The lowest BCUT2D eigenvalue weighted by Gasteiger charge is -2.15. The lowest BCUT2D eigenvalue weighted by Crippen LogP contribution is -2.24. The minimum atomic E-state index is -0.564. The third-order valence-corrected chi connectivity index (χ3v) is 6.21. The molecule has 2 N–H and O–H groups in total. The van der Waals surface area contributed by atoms with Crippen molar-refractivity contribution in [3.05, 3.63) is 85.8 Å². The zero-order valence-electron chi connectivity index (χ0n) is 19.6.